The van der Waals surface area contributed by atoms with Crippen LogP contribution in [-0.2, 0) is 0 Å². The van der Waals surface area contributed by atoms with Crippen LogP contribution in [0.3, 0.4) is 0 Å². The van der Waals surface area contributed by atoms with Crippen LogP contribution in [0.2, 0.25) is 0 Å². The molecule has 1 heterocycles. The van der Waals surface area contributed by atoms with Crippen LogP contribution >= 0.6 is 0 Å². The van der Waals surface area contributed by atoms with Crippen molar-refractivity contribution < 1.29 is 0 Å². The van der Waals surface area contributed by atoms with E-state index < -0.39 is 0 Å². The van der Waals surface area contributed by atoms with Crippen molar-refractivity contribution in [1.29, 1.82) is 0 Å². The first kappa shape index (κ1) is 8.67. The molecule has 0 saturated carbocycles. The van der Waals surface area contributed by atoms with Crippen LogP contribution in [-0.4, -0.2) is 23.0 Å². The fourth-order valence-electron chi connectivity index (χ4n) is 2.11. The SMILES string of the molecule is CC1=C(C)N(C2=CCC2)C(C)N1C. The summed E-state index contributed by atoms with van der Waals surface area (Å²) in [7, 11) is 2.17. The molecule has 0 saturated heterocycles. The first-order valence-corrected chi connectivity index (χ1v) is 5.01. The van der Waals surface area contributed by atoms with Crippen LogP contribution in [0.25, 0.3) is 0 Å². The Morgan fingerprint density at radius 2 is 1.92 bits per heavy atom. The highest BCUT2D eigenvalue weighted by Crippen LogP contribution is 2.35. The van der Waals surface area contributed by atoms with E-state index in [0.29, 0.717) is 6.17 Å². The molecule has 2 nitrogen and oxygen atoms in total. The summed E-state index contributed by atoms with van der Waals surface area (Å²) in [6, 6.07) is 0. The Kier molecular flexibility index (Phi) is 1.86. The van der Waals surface area contributed by atoms with Crippen molar-refractivity contribution in [3.05, 3.63) is 23.2 Å². The molecular formula is C11H18N2. The molecule has 72 valence electrons. The molecule has 0 N–H and O–H groups in total. The van der Waals surface area contributed by atoms with E-state index in [2.05, 4.69) is 43.7 Å². The molecule has 1 aliphatic heterocycles. The van der Waals surface area contributed by atoms with E-state index in [4.69, 9.17) is 0 Å². The number of hydrogen-bond donors (Lipinski definition) is 0. The van der Waals surface area contributed by atoms with E-state index in [1.807, 2.05) is 0 Å². The van der Waals surface area contributed by atoms with Crippen LogP contribution in [0, 0.1) is 0 Å². The normalized spacial score (nSPS) is 28.0. The molecule has 0 spiro atoms. The maximum Gasteiger partial charge on any atom is 0.102 e. The Bertz CT molecular complexity index is 288. The summed E-state index contributed by atoms with van der Waals surface area (Å²) >= 11 is 0. The van der Waals surface area contributed by atoms with Crippen molar-refractivity contribution in [2.24, 2.45) is 0 Å². The summed E-state index contributed by atoms with van der Waals surface area (Å²) in [6.07, 6.45) is 5.36. The van der Waals surface area contributed by atoms with Crippen molar-refractivity contribution in [2.75, 3.05) is 7.05 Å². The average molecular weight is 178 g/mol. The molecule has 0 radical (unpaired) electrons. The number of nitrogens with zero attached hydrogens (tertiary/aromatic N) is 2. The van der Waals surface area contributed by atoms with Crippen molar-refractivity contribution in [3.8, 4) is 0 Å². The second-order valence-corrected chi connectivity index (χ2v) is 4.02. The van der Waals surface area contributed by atoms with Gasteiger partial charge >= 0.3 is 0 Å². The minimum Gasteiger partial charge on any atom is -0.356 e. The summed E-state index contributed by atoms with van der Waals surface area (Å²) < 4.78 is 0. The van der Waals surface area contributed by atoms with Crippen molar-refractivity contribution in [2.45, 2.75) is 39.8 Å². The van der Waals surface area contributed by atoms with Gasteiger partial charge in [-0.25, -0.2) is 0 Å². The van der Waals surface area contributed by atoms with E-state index in [-0.39, 0.29) is 0 Å². The van der Waals surface area contributed by atoms with Gasteiger partial charge in [-0.1, -0.05) is 6.08 Å². The van der Waals surface area contributed by atoms with Crippen LogP contribution in [0.5, 0.6) is 0 Å². The summed E-state index contributed by atoms with van der Waals surface area (Å²) in [5, 5.41) is 0. The molecule has 2 rings (SSSR count). The van der Waals surface area contributed by atoms with Crippen molar-refractivity contribution in [3.63, 3.8) is 0 Å². The predicted molar refractivity (Wildman–Crippen MR) is 54.8 cm³/mol. The second-order valence-electron chi connectivity index (χ2n) is 4.02. The molecule has 0 fully saturated rings. The van der Waals surface area contributed by atoms with Crippen molar-refractivity contribution >= 4 is 0 Å². The van der Waals surface area contributed by atoms with Gasteiger partial charge in [-0.05, 0) is 33.6 Å². The first-order chi connectivity index (χ1) is 6.13. The molecule has 1 aliphatic carbocycles. The van der Waals surface area contributed by atoms with Gasteiger partial charge in [-0.2, -0.15) is 0 Å². The van der Waals surface area contributed by atoms with E-state index >= 15 is 0 Å². The van der Waals surface area contributed by atoms with E-state index in [1.165, 1.54) is 29.9 Å². The van der Waals surface area contributed by atoms with Crippen molar-refractivity contribution in [1.82, 2.24) is 9.80 Å². The third-order valence-electron chi connectivity index (χ3n) is 3.44. The lowest BCUT2D eigenvalue weighted by Crippen LogP contribution is -2.36. The smallest absolute Gasteiger partial charge is 0.102 e. The van der Waals surface area contributed by atoms with Gasteiger partial charge < -0.3 is 9.80 Å². The molecule has 13 heavy (non-hydrogen) atoms. The third kappa shape index (κ3) is 1.08. The minimum absolute atomic E-state index is 0.506. The molecule has 0 aromatic carbocycles. The zero-order valence-electron chi connectivity index (χ0n) is 8.96. The van der Waals surface area contributed by atoms with Crippen LogP contribution in [0.15, 0.2) is 23.2 Å². The Morgan fingerprint density at radius 1 is 1.31 bits per heavy atom. The monoisotopic (exact) mass is 178 g/mol. The van der Waals surface area contributed by atoms with Gasteiger partial charge in [0.05, 0.1) is 0 Å². The fourth-order valence-corrected chi connectivity index (χ4v) is 2.11. The van der Waals surface area contributed by atoms with Gasteiger partial charge in [-0.15, -0.1) is 0 Å². The van der Waals surface area contributed by atoms with E-state index in [9.17, 15) is 0 Å². The summed E-state index contributed by atoms with van der Waals surface area (Å²) in [5.74, 6) is 0. The largest absolute Gasteiger partial charge is 0.356 e. The fraction of sp³-hybridized carbons (Fsp3) is 0.636. The zero-order valence-corrected chi connectivity index (χ0v) is 8.96. The molecule has 0 bridgehead atoms. The molecule has 0 amide bonds. The number of rotatable bonds is 1. The molecule has 0 aromatic rings. The average Bonchev–Trinajstić information content (AvgIpc) is 2.19. The topological polar surface area (TPSA) is 6.48 Å². The molecular weight excluding hydrogens is 160 g/mol. The Hall–Kier alpha value is -0.920. The van der Waals surface area contributed by atoms with Gasteiger partial charge in [0.25, 0.3) is 0 Å². The molecule has 0 aromatic heterocycles. The molecule has 2 aliphatic rings. The summed E-state index contributed by atoms with van der Waals surface area (Å²) in [6.45, 7) is 6.68. The zero-order chi connectivity index (χ0) is 9.59. The Morgan fingerprint density at radius 3 is 2.23 bits per heavy atom. The van der Waals surface area contributed by atoms with Crippen LogP contribution < -0.4 is 0 Å². The van der Waals surface area contributed by atoms with Gasteiger partial charge in [0.2, 0.25) is 0 Å². The summed E-state index contributed by atoms with van der Waals surface area (Å²) in [5.41, 5.74) is 4.33. The van der Waals surface area contributed by atoms with Gasteiger partial charge in [0, 0.05) is 24.1 Å². The molecule has 1 atom stereocenters. The maximum atomic E-state index is 2.46. The maximum absolute atomic E-state index is 2.46. The second kappa shape index (κ2) is 2.79. The third-order valence-corrected chi connectivity index (χ3v) is 3.44. The lowest BCUT2D eigenvalue weighted by Gasteiger charge is -2.34. The first-order valence-electron chi connectivity index (χ1n) is 5.01. The lowest BCUT2D eigenvalue weighted by atomic mass is 10.0. The Balaban J connectivity index is 2.29. The van der Waals surface area contributed by atoms with Crippen LogP contribution in [0.4, 0.5) is 0 Å². The number of allylic oxidation sites excluding steroid dienone is 4. The highest BCUT2D eigenvalue weighted by atomic mass is 15.4. The molecule has 1 unspecified atom stereocenters. The minimum atomic E-state index is 0.506. The van der Waals surface area contributed by atoms with Gasteiger partial charge in [-0.3, -0.25) is 0 Å². The highest BCUT2D eigenvalue weighted by molar-refractivity contribution is 5.25. The quantitative estimate of drug-likeness (QED) is 0.608. The van der Waals surface area contributed by atoms with Gasteiger partial charge in [0.15, 0.2) is 0 Å². The number of hydrogen-bond acceptors (Lipinski definition) is 2. The summed E-state index contributed by atoms with van der Waals surface area (Å²) in [4.78, 5) is 4.80. The highest BCUT2D eigenvalue weighted by Gasteiger charge is 2.31. The predicted octanol–water partition coefficient (Wildman–Crippen LogP) is 2.51. The molecule has 2 heteroatoms. The Labute approximate surface area is 80.5 Å². The van der Waals surface area contributed by atoms with Gasteiger partial charge in [0.1, 0.15) is 6.17 Å². The van der Waals surface area contributed by atoms with Crippen LogP contribution in [0.1, 0.15) is 33.6 Å². The standard InChI is InChI=1S/C11H18N2/c1-8-9(2)13(10(3)12(8)4)11-6-5-7-11/h6,10H,5,7H2,1-4H3. The van der Waals surface area contributed by atoms with E-state index in [0.717, 1.165) is 0 Å². The lowest BCUT2D eigenvalue weighted by molar-refractivity contribution is 0.205. The van der Waals surface area contributed by atoms with E-state index in [1.54, 1.807) is 0 Å².